The number of nitrogens with zero attached hydrogens (tertiary/aromatic N) is 1. The quantitative estimate of drug-likeness (QED) is 0.727. The van der Waals surface area contributed by atoms with E-state index in [4.69, 9.17) is 9.15 Å². The summed E-state index contributed by atoms with van der Waals surface area (Å²) in [7, 11) is -2.21. The summed E-state index contributed by atoms with van der Waals surface area (Å²) in [5.41, 5.74) is 0.244. The lowest BCUT2D eigenvalue weighted by Gasteiger charge is -2.19. The fourth-order valence-corrected chi connectivity index (χ4v) is 4.07. The average molecular weight is 431 g/mol. The number of halogens is 1. The lowest BCUT2D eigenvalue weighted by molar-refractivity contribution is 0.0995. The molecule has 0 atom stereocenters. The Morgan fingerprint density at radius 3 is 2.44 bits per heavy atom. The van der Waals surface area contributed by atoms with Crippen LogP contribution in [0.4, 0.5) is 5.69 Å². The van der Waals surface area contributed by atoms with E-state index < -0.39 is 15.9 Å². The molecule has 2 aromatic rings. The Hall–Kier alpha value is -1.84. The van der Waals surface area contributed by atoms with Crippen LogP contribution in [-0.2, 0) is 10.0 Å². The number of carbonyl (C=O) groups excluding carboxylic acids is 1. The Bertz CT molecular complexity index is 859. The van der Waals surface area contributed by atoms with Gasteiger partial charge in [-0.3, -0.25) is 4.79 Å². The second kappa shape index (κ2) is 8.03. The third kappa shape index (κ3) is 4.23. The van der Waals surface area contributed by atoms with Crippen molar-refractivity contribution >= 4 is 37.5 Å². The van der Waals surface area contributed by atoms with E-state index in [9.17, 15) is 13.2 Å². The van der Waals surface area contributed by atoms with Crippen molar-refractivity contribution in [2.75, 3.05) is 25.5 Å². The van der Waals surface area contributed by atoms with Crippen molar-refractivity contribution in [1.82, 2.24) is 4.31 Å². The fraction of sp³-hybridized carbons (Fsp3) is 0.312. The van der Waals surface area contributed by atoms with Crippen LogP contribution in [0, 0.1) is 0 Å². The first-order valence-corrected chi connectivity index (χ1v) is 9.81. The van der Waals surface area contributed by atoms with Gasteiger partial charge in [-0.15, -0.1) is 0 Å². The number of amides is 1. The molecule has 0 aliphatic heterocycles. The third-order valence-corrected chi connectivity index (χ3v) is 6.03. The van der Waals surface area contributed by atoms with Gasteiger partial charge in [0.1, 0.15) is 5.75 Å². The van der Waals surface area contributed by atoms with Gasteiger partial charge in [0, 0.05) is 13.1 Å². The summed E-state index contributed by atoms with van der Waals surface area (Å²) in [6, 6.07) is 7.42. The zero-order chi connectivity index (χ0) is 18.6. The molecule has 1 N–H and O–H groups in total. The Morgan fingerprint density at radius 2 is 1.92 bits per heavy atom. The van der Waals surface area contributed by atoms with Gasteiger partial charge in [-0.05, 0) is 46.3 Å². The molecule has 25 heavy (non-hydrogen) atoms. The van der Waals surface area contributed by atoms with Gasteiger partial charge in [0.25, 0.3) is 5.91 Å². The van der Waals surface area contributed by atoms with Gasteiger partial charge in [-0.25, -0.2) is 8.42 Å². The first-order chi connectivity index (χ1) is 11.8. The zero-order valence-corrected chi connectivity index (χ0v) is 16.5. The van der Waals surface area contributed by atoms with Crippen LogP contribution < -0.4 is 10.1 Å². The van der Waals surface area contributed by atoms with Gasteiger partial charge >= 0.3 is 0 Å². The highest BCUT2D eigenvalue weighted by molar-refractivity contribution is 9.10. The van der Waals surface area contributed by atoms with Gasteiger partial charge in [0.2, 0.25) is 10.0 Å². The minimum Gasteiger partial charge on any atom is -0.495 e. The summed E-state index contributed by atoms with van der Waals surface area (Å²) >= 11 is 3.13. The Labute approximate surface area is 155 Å². The summed E-state index contributed by atoms with van der Waals surface area (Å²) in [5, 5.41) is 2.62. The van der Waals surface area contributed by atoms with Crippen LogP contribution in [0.1, 0.15) is 24.4 Å². The molecule has 0 fully saturated rings. The maximum Gasteiger partial charge on any atom is 0.291 e. The number of nitrogens with one attached hydrogen (secondary N) is 1. The number of hydrogen-bond acceptors (Lipinski definition) is 5. The molecule has 0 bridgehead atoms. The number of methoxy groups -OCH3 is 1. The Morgan fingerprint density at radius 1 is 1.24 bits per heavy atom. The van der Waals surface area contributed by atoms with E-state index in [-0.39, 0.29) is 16.3 Å². The van der Waals surface area contributed by atoms with E-state index >= 15 is 0 Å². The second-order valence-corrected chi connectivity index (χ2v) is 7.73. The lowest BCUT2D eigenvalue weighted by atomic mass is 10.3. The minimum absolute atomic E-state index is 0.0768. The molecule has 0 radical (unpaired) electrons. The molecule has 7 nitrogen and oxygen atoms in total. The first-order valence-electron chi connectivity index (χ1n) is 7.58. The van der Waals surface area contributed by atoms with Crippen LogP contribution in [0.2, 0.25) is 0 Å². The summed E-state index contributed by atoms with van der Waals surface area (Å²) in [6.07, 6.45) is 0. The molecule has 9 heteroatoms. The number of ether oxygens (including phenoxy) is 1. The van der Waals surface area contributed by atoms with Gasteiger partial charge in [-0.2, -0.15) is 4.31 Å². The maximum absolute atomic E-state index is 12.7. The summed E-state index contributed by atoms with van der Waals surface area (Å²) in [4.78, 5) is 12.3. The van der Waals surface area contributed by atoms with Gasteiger partial charge in [0.15, 0.2) is 10.4 Å². The summed E-state index contributed by atoms with van der Waals surface area (Å²) < 4.78 is 37.5. The second-order valence-electron chi connectivity index (χ2n) is 5.01. The van der Waals surface area contributed by atoms with Gasteiger partial charge in [0.05, 0.1) is 17.7 Å². The Balaban J connectivity index is 2.39. The van der Waals surface area contributed by atoms with E-state index in [0.29, 0.717) is 23.5 Å². The van der Waals surface area contributed by atoms with E-state index in [1.165, 1.54) is 35.7 Å². The minimum atomic E-state index is -3.65. The molecule has 2 rings (SSSR count). The molecule has 1 heterocycles. The van der Waals surface area contributed by atoms with Crippen molar-refractivity contribution in [3.05, 3.63) is 40.8 Å². The van der Waals surface area contributed by atoms with Crippen LogP contribution in [0.25, 0.3) is 0 Å². The number of benzene rings is 1. The summed E-state index contributed by atoms with van der Waals surface area (Å²) in [5.74, 6) is -0.0789. The average Bonchev–Trinajstić information content (AvgIpc) is 3.02. The molecule has 136 valence electrons. The number of sulfonamides is 1. The molecule has 1 aromatic carbocycles. The zero-order valence-electron chi connectivity index (χ0n) is 14.1. The monoisotopic (exact) mass is 430 g/mol. The number of anilines is 1. The molecular formula is C16H19BrN2O5S. The van der Waals surface area contributed by atoms with Gasteiger partial charge < -0.3 is 14.5 Å². The molecule has 0 unspecified atom stereocenters. The Kier molecular flexibility index (Phi) is 6.26. The van der Waals surface area contributed by atoms with Crippen LogP contribution in [0.15, 0.2) is 44.3 Å². The van der Waals surface area contributed by atoms with E-state index in [1.54, 1.807) is 19.9 Å². The lowest BCUT2D eigenvalue weighted by Crippen LogP contribution is -2.30. The van der Waals surface area contributed by atoms with Crippen molar-refractivity contribution < 1.29 is 22.4 Å². The van der Waals surface area contributed by atoms with Gasteiger partial charge in [-0.1, -0.05) is 13.8 Å². The fourth-order valence-electron chi connectivity index (χ4n) is 2.28. The predicted molar refractivity (Wildman–Crippen MR) is 97.5 cm³/mol. The molecule has 0 aliphatic rings. The SMILES string of the molecule is CCN(CC)S(=O)(=O)c1ccc(OC)c(NC(=O)c2ccc(Br)o2)c1. The van der Waals surface area contributed by atoms with Crippen molar-refractivity contribution in [2.45, 2.75) is 18.7 Å². The maximum atomic E-state index is 12.7. The molecular weight excluding hydrogens is 412 g/mol. The molecule has 0 saturated carbocycles. The molecule has 1 amide bonds. The first kappa shape index (κ1) is 19.5. The largest absolute Gasteiger partial charge is 0.495 e. The highest BCUT2D eigenvalue weighted by atomic mass is 79.9. The molecule has 0 saturated heterocycles. The van der Waals surface area contributed by atoms with Crippen LogP contribution >= 0.6 is 15.9 Å². The standard InChI is InChI=1S/C16H19BrN2O5S/c1-4-19(5-2)25(21,22)11-6-7-13(23-3)12(10-11)18-16(20)14-8-9-15(17)24-14/h6-10H,4-5H2,1-3H3,(H,18,20). The normalized spacial score (nSPS) is 11.6. The van der Waals surface area contributed by atoms with Crippen LogP contribution in [0.5, 0.6) is 5.75 Å². The molecule has 1 aromatic heterocycles. The van der Waals surface area contributed by atoms with Crippen molar-refractivity contribution in [1.29, 1.82) is 0 Å². The smallest absolute Gasteiger partial charge is 0.291 e. The topological polar surface area (TPSA) is 88.9 Å². The van der Waals surface area contributed by atoms with Crippen LogP contribution in [0.3, 0.4) is 0 Å². The third-order valence-electron chi connectivity index (χ3n) is 3.56. The highest BCUT2D eigenvalue weighted by Gasteiger charge is 2.23. The summed E-state index contributed by atoms with van der Waals surface area (Å²) in [6.45, 7) is 4.24. The van der Waals surface area contributed by atoms with Crippen molar-refractivity contribution in [2.24, 2.45) is 0 Å². The van der Waals surface area contributed by atoms with E-state index in [1.807, 2.05) is 0 Å². The number of carbonyl (C=O) groups is 1. The van der Waals surface area contributed by atoms with E-state index in [0.717, 1.165) is 0 Å². The van der Waals surface area contributed by atoms with Crippen molar-refractivity contribution in [3.63, 3.8) is 0 Å². The van der Waals surface area contributed by atoms with E-state index in [2.05, 4.69) is 21.2 Å². The van der Waals surface area contributed by atoms with Crippen LogP contribution in [-0.4, -0.2) is 38.8 Å². The predicted octanol–water partition coefficient (Wildman–Crippen LogP) is 3.33. The van der Waals surface area contributed by atoms with Crippen molar-refractivity contribution in [3.8, 4) is 5.75 Å². The number of hydrogen-bond donors (Lipinski definition) is 1. The molecule has 0 aliphatic carbocycles. The molecule has 0 spiro atoms. The highest BCUT2D eigenvalue weighted by Crippen LogP contribution is 2.29. The number of furan rings is 1. The number of rotatable bonds is 7.